The lowest BCUT2D eigenvalue weighted by Crippen LogP contribution is -2.11. The number of hydrogen-bond donors (Lipinski definition) is 1. The van der Waals surface area contributed by atoms with E-state index in [2.05, 4.69) is 21.3 Å². The average molecular weight is 339 g/mol. The van der Waals surface area contributed by atoms with Gasteiger partial charge in [-0.05, 0) is 46.2 Å². The van der Waals surface area contributed by atoms with Gasteiger partial charge in [0.25, 0.3) is 0 Å². The molecule has 0 aliphatic carbocycles. The molecule has 0 radical (unpaired) electrons. The van der Waals surface area contributed by atoms with Gasteiger partial charge in [-0.15, -0.1) is 12.4 Å². The zero-order chi connectivity index (χ0) is 10.8. The monoisotopic (exact) mass is 337 g/mol. The maximum absolute atomic E-state index is 6.15. The minimum atomic E-state index is -0.121. The predicted molar refractivity (Wildman–Crippen MR) is 76.7 cm³/mol. The summed E-state index contributed by atoms with van der Waals surface area (Å²) >= 11 is 11.1. The van der Waals surface area contributed by atoms with E-state index >= 15 is 0 Å². The van der Waals surface area contributed by atoms with Crippen molar-refractivity contribution in [1.82, 2.24) is 0 Å². The lowest BCUT2D eigenvalue weighted by atomic mass is 10.0. The molecule has 0 amide bonds. The molecule has 1 atom stereocenters. The second-order valence-electron chi connectivity index (χ2n) is 3.20. The topological polar surface area (TPSA) is 26.0 Å². The Morgan fingerprint density at radius 2 is 2.06 bits per heavy atom. The van der Waals surface area contributed by atoms with Crippen molar-refractivity contribution in [2.75, 3.05) is 0 Å². The van der Waals surface area contributed by atoms with Gasteiger partial charge < -0.3 is 5.73 Å². The molecule has 5 heteroatoms. The highest BCUT2D eigenvalue weighted by Crippen LogP contribution is 2.30. The molecule has 0 spiro atoms. The van der Waals surface area contributed by atoms with Crippen molar-refractivity contribution >= 4 is 51.3 Å². The summed E-state index contributed by atoms with van der Waals surface area (Å²) in [7, 11) is 0. The van der Waals surface area contributed by atoms with Gasteiger partial charge in [-0.25, -0.2) is 0 Å². The number of benzene rings is 1. The highest BCUT2D eigenvalue weighted by atomic mass is 79.9. The molecular weight excluding hydrogens is 329 g/mol. The Hall–Kier alpha value is -0.0600. The first-order valence-electron chi connectivity index (χ1n) is 4.41. The first-order chi connectivity index (χ1) is 7.18. The average Bonchev–Trinajstić information content (AvgIpc) is 2.74. The first-order valence-corrected chi connectivity index (χ1v) is 6.52. The molecular formula is C11H10BrCl2NS. The van der Waals surface area contributed by atoms with Crippen LogP contribution in [0.1, 0.15) is 17.2 Å². The minimum Gasteiger partial charge on any atom is -0.320 e. The molecule has 0 saturated heterocycles. The fraction of sp³-hybridized carbons (Fsp3) is 0.0909. The van der Waals surface area contributed by atoms with Gasteiger partial charge in [0.2, 0.25) is 0 Å². The summed E-state index contributed by atoms with van der Waals surface area (Å²) in [5.41, 5.74) is 8.28. The Morgan fingerprint density at radius 1 is 1.31 bits per heavy atom. The molecule has 0 unspecified atom stereocenters. The van der Waals surface area contributed by atoms with Crippen LogP contribution in [0.25, 0.3) is 0 Å². The maximum Gasteiger partial charge on any atom is 0.0571 e. The van der Waals surface area contributed by atoms with E-state index in [1.165, 1.54) is 0 Å². The number of nitrogens with two attached hydrogens (primary N) is 1. The summed E-state index contributed by atoms with van der Waals surface area (Å²) in [5, 5.41) is 4.78. The summed E-state index contributed by atoms with van der Waals surface area (Å²) < 4.78 is 0.991. The van der Waals surface area contributed by atoms with Crippen LogP contribution in [0.15, 0.2) is 39.5 Å². The fourth-order valence-corrected chi connectivity index (χ4v) is 2.75. The third-order valence-electron chi connectivity index (χ3n) is 2.20. The van der Waals surface area contributed by atoms with Crippen LogP contribution in [0.3, 0.4) is 0 Å². The van der Waals surface area contributed by atoms with E-state index in [0.29, 0.717) is 5.02 Å². The van der Waals surface area contributed by atoms with E-state index in [0.717, 1.165) is 15.6 Å². The van der Waals surface area contributed by atoms with Crippen molar-refractivity contribution in [3.8, 4) is 0 Å². The van der Waals surface area contributed by atoms with E-state index in [1.54, 1.807) is 11.3 Å². The van der Waals surface area contributed by atoms with Crippen molar-refractivity contribution in [3.05, 3.63) is 55.6 Å². The third kappa shape index (κ3) is 2.99. The van der Waals surface area contributed by atoms with Crippen molar-refractivity contribution < 1.29 is 0 Å². The minimum absolute atomic E-state index is 0. The van der Waals surface area contributed by atoms with Crippen LogP contribution in [-0.2, 0) is 0 Å². The second kappa shape index (κ2) is 6.03. The maximum atomic E-state index is 6.15. The first kappa shape index (κ1) is 14.0. The molecule has 0 saturated carbocycles. The van der Waals surface area contributed by atoms with Crippen LogP contribution >= 0.6 is 51.3 Å². The summed E-state index contributed by atoms with van der Waals surface area (Å²) in [6.45, 7) is 0. The van der Waals surface area contributed by atoms with E-state index in [4.69, 9.17) is 17.3 Å². The molecule has 1 aromatic heterocycles. The van der Waals surface area contributed by atoms with Gasteiger partial charge >= 0.3 is 0 Å². The lowest BCUT2D eigenvalue weighted by molar-refractivity contribution is 0.871. The van der Waals surface area contributed by atoms with E-state index < -0.39 is 0 Å². The van der Waals surface area contributed by atoms with Gasteiger partial charge in [-0.2, -0.15) is 11.3 Å². The largest absolute Gasteiger partial charge is 0.320 e. The number of thiophene rings is 1. The van der Waals surface area contributed by atoms with Gasteiger partial charge in [0.1, 0.15) is 0 Å². The highest BCUT2D eigenvalue weighted by Gasteiger charge is 2.12. The Morgan fingerprint density at radius 3 is 2.69 bits per heavy atom. The lowest BCUT2D eigenvalue weighted by Gasteiger charge is -2.12. The van der Waals surface area contributed by atoms with Crippen molar-refractivity contribution in [2.45, 2.75) is 6.04 Å². The third-order valence-corrected chi connectivity index (χ3v) is 3.85. The molecule has 1 nitrogen and oxygen atoms in total. The Kier molecular flexibility index (Phi) is 5.28. The predicted octanol–water partition coefficient (Wildman–Crippen LogP) is 4.63. The van der Waals surface area contributed by atoms with Gasteiger partial charge in [0, 0.05) is 9.50 Å². The molecule has 2 N–H and O–H groups in total. The normalized spacial score (nSPS) is 11.9. The summed E-state index contributed by atoms with van der Waals surface area (Å²) in [6, 6.07) is 7.57. The Labute approximate surface area is 118 Å². The van der Waals surface area contributed by atoms with Gasteiger partial charge in [-0.3, -0.25) is 0 Å². The van der Waals surface area contributed by atoms with Crippen LogP contribution in [0.5, 0.6) is 0 Å². The van der Waals surface area contributed by atoms with Crippen LogP contribution in [0.2, 0.25) is 5.02 Å². The molecule has 2 rings (SSSR count). The summed E-state index contributed by atoms with van der Waals surface area (Å²) in [6.07, 6.45) is 0. The fourth-order valence-electron chi connectivity index (χ4n) is 1.38. The van der Waals surface area contributed by atoms with E-state index in [9.17, 15) is 0 Å². The molecule has 0 aliphatic rings. The quantitative estimate of drug-likeness (QED) is 0.848. The molecule has 1 aromatic carbocycles. The van der Waals surface area contributed by atoms with Gasteiger partial charge in [-0.1, -0.05) is 27.5 Å². The zero-order valence-electron chi connectivity index (χ0n) is 8.19. The van der Waals surface area contributed by atoms with Gasteiger partial charge in [0.05, 0.1) is 6.04 Å². The number of rotatable bonds is 2. The van der Waals surface area contributed by atoms with E-state index in [1.807, 2.05) is 29.6 Å². The standard InChI is InChI=1S/C11H9BrClNS.ClH/c12-10-2-1-8(13)5-9(10)11(14)7-3-4-15-6-7;/h1-6,11H,14H2;1H/t11-;/m0./s1. The zero-order valence-corrected chi connectivity index (χ0v) is 12.2. The molecule has 0 fully saturated rings. The number of halogens is 3. The van der Waals surface area contributed by atoms with Crippen LogP contribution < -0.4 is 5.73 Å². The molecule has 0 bridgehead atoms. The highest BCUT2D eigenvalue weighted by molar-refractivity contribution is 9.10. The van der Waals surface area contributed by atoms with Crippen LogP contribution in [0.4, 0.5) is 0 Å². The van der Waals surface area contributed by atoms with E-state index in [-0.39, 0.29) is 18.4 Å². The molecule has 0 aliphatic heterocycles. The van der Waals surface area contributed by atoms with Crippen molar-refractivity contribution in [3.63, 3.8) is 0 Å². The molecule has 1 heterocycles. The SMILES string of the molecule is Cl.N[C@@H](c1ccsc1)c1cc(Cl)ccc1Br. The van der Waals surface area contributed by atoms with Crippen LogP contribution in [0, 0.1) is 0 Å². The molecule has 2 aromatic rings. The Balaban J connectivity index is 0.00000128. The van der Waals surface area contributed by atoms with Gasteiger partial charge in [0.15, 0.2) is 0 Å². The second-order valence-corrected chi connectivity index (χ2v) is 5.27. The Bertz CT molecular complexity index is 459. The van der Waals surface area contributed by atoms with Crippen molar-refractivity contribution in [1.29, 1.82) is 0 Å². The molecule has 16 heavy (non-hydrogen) atoms. The van der Waals surface area contributed by atoms with Crippen molar-refractivity contribution in [2.24, 2.45) is 5.73 Å². The number of hydrogen-bond acceptors (Lipinski definition) is 2. The summed E-state index contributed by atoms with van der Waals surface area (Å²) in [4.78, 5) is 0. The molecule has 86 valence electrons. The smallest absolute Gasteiger partial charge is 0.0571 e. The van der Waals surface area contributed by atoms with Crippen LogP contribution in [-0.4, -0.2) is 0 Å². The summed E-state index contributed by atoms with van der Waals surface area (Å²) in [5.74, 6) is 0.